The number of anilines is 3. The maximum atomic E-state index is 13.5. The number of halogens is 4. The molecule has 3 aromatic rings. The Kier molecular flexibility index (Phi) is 6.28. The van der Waals surface area contributed by atoms with Crippen LogP contribution in [0.1, 0.15) is 21.5 Å². The first kappa shape index (κ1) is 21.9. The first-order valence-corrected chi connectivity index (χ1v) is 8.98. The van der Waals surface area contributed by atoms with E-state index in [0.717, 1.165) is 12.1 Å². The van der Waals surface area contributed by atoms with Crippen molar-refractivity contribution in [3.05, 3.63) is 77.2 Å². The Bertz CT molecular complexity index is 1100. The van der Waals surface area contributed by atoms with Crippen molar-refractivity contribution in [3.8, 4) is 5.75 Å². The summed E-state index contributed by atoms with van der Waals surface area (Å²) in [6.07, 6.45) is -3.97. The van der Waals surface area contributed by atoms with E-state index in [1.54, 1.807) is 24.3 Å². The van der Waals surface area contributed by atoms with Crippen molar-refractivity contribution in [1.82, 2.24) is 4.98 Å². The van der Waals surface area contributed by atoms with Crippen molar-refractivity contribution in [2.45, 2.75) is 12.7 Å². The Morgan fingerprint density at radius 2 is 1.94 bits per heavy atom. The van der Waals surface area contributed by atoms with Crippen LogP contribution in [0.2, 0.25) is 0 Å². The Hall–Kier alpha value is -3.82. The molecule has 1 heterocycles. The molecule has 0 aliphatic rings. The fourth-order valence-corrected chi connectivity index (χ4v) is 2.87. The third kappa shape index (κ3) is 5.41. The molecule has 162 valence electrons. The number of nitrogens with zero attached hydrogens (tertiary/aromatic N) is 1. The van der Waals surface area contributed by atoms with Gasteiger partial charge in [-0.15, -0.1) is 0 Å². The van der Waals surface area contributed by atoms with Gasteiger partial charge in [0.2, 0.25) is 5.91 Å². The van der Waals surface area contributed by atoms with Gasteiger partial charge in [0.1, 0.15) is 17.4 Å². The van der Waals surface area contributed by atoms with Crippen LogP contribution in [0.4, 0.5) is 34.8 Å². The zero-order chi connectivity index (χ0) is 22.6. The van der Waals surface area contributed by atoms with Gasteiger partial charge >= 0.3 is 6.18 Å². The minimum Gasteiger partial charge on any atom is -0.497 e. The topological polar surface area (TPSA) is 89.3 Å². The van der Waals surface area contributed by atoms with Crippen molar-refractivity contribution in [1.29, 1.82) is 0 Å². The normalized spacial score (nSPS) is 11.1. The minimum atomic E-state index is -4.67. The zero-order valence-electron chi connectivity index (χ0n) is 16.3. The molecule has 0 aliphatic carbocycles. The number of nitrogens with two attached hydrogens (primary N) is 1. The maximum Gasteiger partial charge on any atom is 0.419 e. The number of ether oxygens (including phenoxy) is 1. The van der Waals surface area contributed by atoms with E-state index in [1.807, 2.05) is 0 Å². The molecule has 31 heavy (non-hydrogen) atoms. The van der Waals surface area contributed by atoms with Gasteiger partial charge in [-0.3, -0.25) is 4.79 Å². The standard InChI is InChI=1S/C21H18F4N4O2/c1-31-15-4-2-3-14(8-15)29-19-9-18(17(11-28-19)21(23,24)25)27-10-12-5-6-13(22)7-16(12)20(26)30/h2-9,11H,10H2,1H3,(H2,26,30)(H2,27,28,29). The number of hydrogen-bond donors (Lipinski definition) is 3. The van der Waals surface area contributed by atoms with Crippen molar-refractivity contribution in [2.75, 3.05) is 17.7 Å². The number of carbonyl (C=O) groups is 1. The van der Waals surface area contributed by atoms with Gasteiger partial charge in [-0.2, -0.15) is 13.2 Å². The van der Waals surface area contributed by atoms with E-state index in [1.165, 1.54) is 19.2 Å². The molecular formula is C21H18F4N4O2. The highest BCUT2D eigenvalue weighted by Gasteiger charge is 2.34. The summed E-state index contributed by atoms with van der Waals surface area (Å²) in [6, 6.07) is 11.3. The van der Waals surface area contributed by atoms with Gasteiger partial charge in [0.05, 0.1) is 18.4 Å². The number of aromatic nitrogens is 1. The van der Waals surface area contributed by atoms with E-state index < -0.39 is 23.5 Å². The number of carbonyl (C=O) groups excluding carboxylic acids is 1. The maximum absolute atomic E-state index is 13.5. The quantitative estimate of drug-likeness (QED) is 0.469. The summed E-state index contributed by atoms with van der Waals surface area (Å²) in [6.45, 7) is -0.190. The summed E-state index contributed by atoms with van der Waals surface area (Å²) in [5.74, 6) is -0.854. The predicted octanol–water partition coefficient (Wildman–Crippen LogP) is 4.70. The number of amides is 1. The largest absolute Gasteiger partial charge is 0.497 e. The predicted molar refractivity (Wildman–Crippen MR) is 108 cm³/mol. The number of primary amides is 1. The average Bonchev–Trinajstić information content (AvgIpc) is 2.72. The number of pyridine rings is 1. The molecule has 0 fully saturated rings. The van der Waals surface area contributed by atoms with Gasteiger partial charge in [-0.25, -0.2) is 9.37 Å². The fraction of sp³-hybridized carbons (Fsp3) is 0.143. The van der Waals surface area contributed by atoms with E-state index in [0.29, 0.717) is 17.6 Å². The number of nitrogens with one attached hydrogen (secondary N) is 2. The second kappa shape index (κ2) is 8.90. The molecule has 2 aromatic carbocycles. The second-order valence-corrected chi connectivity index (χ2v) is 6.49. The molecule has 3 rings (SSSR count). The summed E-state index contributed by atoms with van der Waals surface area (Å²) in [7, 11) is 1.49. The number of alkyl halides is 3. The molecule has 0 atom stereocenters. The van der Waals surface area contributed by atoms with E-state index in [4.69, 9.17) is 10.5 Å². The first-order valence-electron chi connectivity index (χ1n) is 8.98. The summed E-state index contributed by atoms with van der Waals surface area (Å²) >= 11 is 0. The molecule has 0 saturated heterocycles. The van der Waals surface area contributed by atoms with Gasteiger partial charge in [0, 0.05) is 36.1 Å². The highest BCUT2D eigenvalue weighted by Crippen LogP contribution is 2.36. The van der Waals surface area contributed by atoms with Crippen LogP contribution in [-0.2, 0) is 12.7 Å². The van der Waals surface area contributed by atoms with Gasteiger partial charge in [-0.1, -0.05) is 12.1 Å². The van der Waals surface area contributed by atoms with Crippen LogP contribution in [0.5, 0.6) is 5.75 Å². The number of rotatable bonds is 7. The molecule has 0 aliphatic heterocycles. The van der Waals surface area contributed by atoms with E-state index in [9.17, 15) is 22.4 Å². The van der Waals surface area contributed by atoms with Gasteiger partial charge in [0.15, 0.2) is 0 Å². The Morgan fingerprint density at radius 1 is 1.16 bits per heavy atom. The molecule has 4 N–H and O–H groups in total. The van der Waals surface area contributed by atoms with Crippen LogP contribution in [0.15, 0.2) is 54.7 Å². The van der Waals surface area contributed by atoms with Crippen molar-refractivity contribution < 1.29 is 27.1 Å². The Morgan fingerprint density at radius 3 is 2.61 bits per heavy atom. The lowest BCUT2D eigenvalue weighted by Gasteiger charge is -2.17. The SMILES string of the molecule is COc1cccc(Nc2cc(NCc3ccc(F)cc3C(N)=O)c(C(F)(F)F)cn2)c1. The summed E-state index contributed by atoms with van der Waals surface area (Å²) in [5.41, 5.74) is 4.67. The molecule has 0 spiro atoms. The van der Waals surface area contributed by atoms with Crippen molar-refractivity contribution in [3.63, 3.8) is 0 Å². The van der Waals surface area contributed by atoms with Crippen LogP contribution >= 0.6 is 0 Å². The molecule has 6 nitrogen and oxygen atoms in total. The molecule has 0 saturated carbocycles. The Balaban J connectivity index is 1.90. The third-order valence-electron chi connectivity index (χ3n) is 4.36. The van der Waals surface area contributed by atoms with Crippen molar-refractivity contribution in [2.24, 2.45) is 5.73 Å². The van der Waals surface area contributed by atoms with Crippen LogP contribution in [0.25, 0.3) is 0 Å². The molecule has 0 radical (unpaired) electrons. The van der Waals surface area contributed by atoms with E-state index in [-0.39, 0.29) is 29.2 Å². The number of methoxy groups -OCH3 is 1. The van der Waals surface area contributed by atoms with Gasteiger partial charge in [-0.05, 0) is 29.8 Å². The fourth-order valence-electron chi connectivity index (χ4n) is 2.87. The van der Waals surface area contributed by atoms with Crippen LogP contribution in [0.3, 0.4) is 0 Å². The lowest BCUT2D eigenvalue weighted by Crippen LogP contribution is -2.17. The molecule has 1 aromatic heterocycles. The molecule has 0 unspecified atom stereocenters. The highest BCUT2D eigenvalue weighted by molar-refractivity contribution is 5.94. The molecule has 1 amide bonds. The van der Waals surface area contributed by atoms with Crippen LogP contribution < -0.4 is 21.1 Å². The lowest BCUT2D eigenvalue weighted by atomic mass is 10.1. The van der Waals surface area contributed by atoms with E-state index in [2.05, 4.69) is 15.6 Å². The highest BCUT2D eigenvalue weighted by atomic mass is 19.4. The lowest BCUT2D eigenvalue weighted by molar-refractivity contribution is -0.137. The van der Waals surface area contributed by atoms with Gasteiger partial charge in [0.25, 0.3) is 0 Å². The van der Waals surface area contributed by atoms with Crippen LogP contribution in [0, 0.1) is 5.82 Å². The minimum absolute atomic E-state index is 0.121. The monoisotopic (exact) mass is 434 g/mol. The smallest absolute Gasteiger partial charge is 0.419 e. The van der Waals surface area contributed by atoms with Crippen molar-refractivity contribution >= 4 is 23.1 Å². The molecule has 10 heteroatoms. The molecular weight excluding hydrogens is 416 g/mol. The summed E-state index contributed by atoms with van der Waals surface area (Å²) in [4.78, 5) is 15.4. The van der Waals surface area contributed by atoms with Gasteiger partial charge < -0.3 is 21.1 Å². The van der Waals surface area contributed by atoms with Crippen LogP contribution in [-0.4, -0.2) is 18.0 Å². The summed E-state index contributed by atoms with van der Waals surface area (Å²) in [5, 5.41) is 5.56. The average molecular weight is 434 g/mol. The summed E-state index contributed by atoms with van der Waals surface area (Å²) < 4.78 is 58.9. The molecule has 0 bridgehead atoms. The first-order chi connectivity index (χ1) is 14.7. The Labute approximate surface area is 175 Å². The van der Waals surface area contributed by atoms with E-state index >= 15 is 0 Å². The number of benzene rings is 2. The third-order valence-corrected chi connectivity index (χ3v) is 4.36. The zero-order valence-corrected chi connectivity index (χ0v) is 16.3. The number of hydrogen-bond acceptors (Lipinski definition) is 5. The second-order valence-electron chi connectivity index (χ2n) is 6.49.